The summed E-state index contributed by atoms with van der Waals surface area (Å²) in [5, 5.41) is 10.6. The highest BCUT2D eigenvalue weighted by molar-refractivity contribution is 5.90. The normalized spacial score (nSPS) is 17.8. The van der Waals surface area contributed by atoms with Crippen molar-refractivity contribution >= 4 is 17.4 Å². The van der Waals surface area contributed by atoms with Crippen molar-refractivity contribution in [3.8, 4) is 0 Å². The van der Waals surface area contributed by atoms with Gasteiger partial charge in [-0.1, -0.05) is 19.3 Å². The third kappa shape index (κ3) is 3.99. The predicted octanol–water partition coefficient (Wildman–Crippen LogP) is 3.93. The summed E-state index contributed by atoms with van der Waals surface area (Å²) in [6.07, 6.45) is 5.34. The molecule has 0 aromatic heterocycles. The lowest BCUT2D eigenvalue weighted by Gasteiger charge is -2.37. The summed E-state index contributed by atoms with van der Waals surface area (Å²) < 4.78 is 5.38. The van der Waals surface area contributed by atoms with E-state index >= 15 is 0 Å². The van der Waals surface area contributed by atoms with E-state index in [0.29, 0.717) is 0 Å². The van der Waals surface area contributed by atoms with Gasteiger partial charge in [0.15, 0.2) is 0 Å². The van der Waals surface area contributed by atoms with E-state index in [1.54, 1.807) is 6.92 Å². The average molecular weight is 333 g/mol. The van der Waals surface area contributed by atoms with E-state index in [-0.39, 0.29) is 29.6 Å². The number of nitro groups is 1. The number of carbonyl (C=O) groups excluding carboxylic acids is 2. The third-order valence-electron chi connectivity index (χ3n) is 5.13. The van der Waals surface area contributed by atoms with Crippen LogP contribution in [0.5, 0.6) is 0 Å². The molecule has 130 valence electrons. The first-order chi connectivity index (χ1) is 11.3. The van der Waals surface area contributed by atoms with Gasteiger partial charge in [0.05, 0.1) is 15.9 Å². The Morgan fingerprint density at radius 3 is 2.29 bits per heavy atom. The van der Waals surface area contributed by atoms with Crippen molar-refractivity contribution in [1.29, 1.82) is 0 Å². The number of carbonyl (C=O) groups is 2. The van der Waals surface area contributed by atoms with E-state index in [0.717, 1.165) is 25.7 Å². The monoisotopic (exact) mass is 333 g/mol. The van der Waals surface area contributed by atoms with Gasteiger partial charge in [-0.2, -0.15) is 0 Å². The number of rotatable bonds is 6. The fourth-order valence-corrected chi connectivity index (χ4v) is 3.26. The molecule has 0 amide bonds. The number of ether oxygens (including phenoxy) is 1. The molecule has 1 fully saturated rings. The number of nitrogens with zero attached hydrogens (tertiary/aromatic N) is 1. The van der Waals surface area contributed by atoms with E-state index in [1.165, 1.54) is 30.7 Å². The lowest BCUT2D eigenvalue weighted by Crippen LogP contribution is -2.40. The lowest BCUT2D eigenvalue weighted by atomic mass is 9.68. The SMILES string of the molecule is CC(=O)C(C)(COC(=O)c1ccc([N+](=O)[O-])cc1)C1CCCCC1. The Labute approximate surface area is 141 Å². The Bertz CT molecular complexity index is 619. The number of esters is 1. The maximum absolute atomic E-state index is 12.2. The van der Waals surface area contributed by atoms with Gasteiger partial charge in [0.2, 0.25) is 0 Å². The summed E-state index contributed by atoms with van der Waals surface area (Å²) in [6, 6.07) is 5.27. The van der Waals surface area contributed by atoms with Crippen molar-refractivity contribution in [3.63, 3.8) is 0 Å². The zero-order chi connectivity index (χ0) is 17.7. The minimum atomic E-state index is -0.670. The molecule has 0 N–H and O–H groups in total. The number of ketones is 1. The standard InChI is InChI=1S/C18H23NO5/c1-13(20)18(2,15-6-4-3-5-7-15)12-24-17(21)14-8-10-16(11-9-14)19(22)23/h8-11,15H,3-7,12H2,1-2H3. The van der Waals surface area contributed by atoms with Gasteiger partial charge in [-0.05, 0) is 44.7 Å². The molecule has 0 spiro atoms. The molecule has 1 aliphatic rings. The van der Waals surface area contributed by atoms with Crippen LogP contribution in [0.2, 0.25) is 0 Å². The number of hydrogen-bond donors (Lipinski definition) is 0. The predicted molar refractivity (Wildman–Crippen MR) is 88.7 cm³/mol. The maximum Gasteiger partial charge on any atom is 0.338 e. The molecular formula is C18H23NO5. The summed E-state index contributed by atoms with van der Waals surface area (Å²) in [6.45, 7) is 3.46. The Hall–Kier alpha value is -2.24. The lowest BCUT2D eigenvalue weighted by molar-refractivity contribution is -0.384. The Kier molecular flexibility index (Phi) is 5.70. The Balaban J connectivity index is 2.04. The van der Waals surface area contributed by atoms with Gasteiger partial charge in [-0.15, -0.1) is 0 Å². The van der Waals surface area contributed by atoms with E-state index in [4.69, 9.17) is 4.74 Å². The van der Waals surface area contributed by atoms with Gasteiger partial charge in [0, 0.05) is 12.1 Å². The molecule has 1 aromatic rings. The summed E-state index contributed by atoms with van der Waals surface area (Å²) in [7, 11) is 0. The van der Waals surface area contributed by atoms with Crippen LogP contribution in [0.1, 0.15) is 56.3 Å². The first-order valence-electron chi connectivity index (χ1n) is 8.27. The molecule has 1 aliphatic carbocycles. The Morgan fingerprint density at radius 2 is 1.79 bits per heavy atom. The summed E-state index contributed by atoms with van der Waals surface area (Å²) >= 11 is 0. The molecular weight excluding hydrogens is 310 g/mol. The molecule has 6 heteroatoms. The van der Waals surface area contributed by atoms with Crippen molar-refractivity contribution in [3.05, 3.63) is 39.9 Å². The zero-order valence-electron chi connectivity index (χ0n) is 14.1. The topological polar surface area (TPSA) is 86.5 Å². The van der Waals surface area contributed by atoms with E-state index in [2.05, 4.69) is 0 Å². The molecule has 1 saturated carbocycles. The number of nitro benzene ring substituents is 1. The summed E-state index contributed by atoms with van der Waals surface area (Å²) in [4.78, 5) is 34.5. The van der Waals surface area contributed by atoms with Crippen LogP contribution in [0.3, 0.4) is 0 Å². The molecule has 1 atom stereocenters. The van der Waals surface area contributed by atoms with Crippen LogP contribution >= 0.6 is 0 Å². The molecule has 0 saturated heterocycles. The van der Waals surface area contributed by atoms with Crippen molar-refractivity contribution < 1.29 is 19.2 Å². The molecule has 1 unspecified atom stereocenters. The second kappa shape index (κ2) is 7.55. The van der Waals surface area contributed by atoms with Gasteiger partial charge in [0.1, 0.15) is 12.4 Å². The highest BCUT2D eigenvalue weighted by atomic mass is 16.6. The van der Waals surface area contributed by atoms with Crippen molar-refractivity contribution in [1.82, 2.24) is 0 Å². The maximum atomic E-state index is 12.2. The average Bonchev–Trinajstić information content (AvgIpc) is 2.60. The number of non-ortho nitro benzene ring substituents is 1. The number of benzene rings is 1. The second-order valence-corrected chi connectivity index (χ2v) is 6.69. The fraction of sp³-hybridized carbons (Fsp3) is 0.556. The van der Waals surface area contributed by atoms with Crippen molar-refractivity contribution in [2.45, 2.75) is 46.0 Å². The van der Waals surface area contributed by atoms with Crippen LogP contribution in [0.4, 0.5) is 5.69 Å². The van der Waals surface area contributed by atoms with Gasteiger partial charge < -0.3 is 4.74 Å². The quantitative estimate of drug-likeness (QED) is 0.447. The molecule has 0 radical (unpaired) electrons. The minimum absolute atomic E-state index is 0.0332. The van der Waals surface area contributed by atoms with Crippen LogP contribution in [0.25, 0.3) is 0 Å². The van der Waals surface area contributed by atoms with Crippen LogP contribution in [0, 0.1) is 21.4 Å². The fourth-order valence-electron chi connectivity index (χ4n) is 3.26. The molecule has 2 rings (SSSR count). The van der Waals surface area contributed by atoms with E-state index < -0.39 is 16.3 Å². The van der Waals surface area contributed by atoms with Gasteiger partial charge in [-0.25, -0.2) is 4.79 Å². The van der Waals surface area contributed by atoms with Crippen LogP contribution in [-0.4, -0.2) is 23.3 Å². The Morgan fingerprint density at radius 1 is 1.21 bits per heavy atom. The smallest absolute Gasteiger partial charge is 0.338 e. The first kappa shape index (κ1) is 18.1. The van der Waals surface area contributed by atoms with Gasteiger partial charge in [-0.3, -0.25) is 14.9 Å². The zero-order valence-corrected chi connectivity index (χ0v) is 14.1. The van der Waals surface area contributed by atoms with Crippen LogP contribution in [0.15, 0.2) is 24.3 Å². The van der Waals surface area contributed by atoms with E-state index in [1.807, 2.05) is 6.92 Å². The number of Topliss-reactive ketones (excluding diaryl/α,β-unsaturated/α-hetero) is 1. The highest BCUT2D eigenvalue weighted by Gasteiger charge is 2.40. The van der Waals surface area contributed by atoms with Crippen molar-refractivity contribution in [2.24, 2.45) is 11.3 Å². The summed E-state index contributed by atoms with van der Waals surface area (Å²) in [5.41, 5.74) is -0.505. The first-order valence-corrected chi connectivity index (χ1v) is 8.27. The molecule has 0 aliphatic heterocycles. The van der Waals surface area contributed by atoms with Crippen LogP contribution in [-0.2, 0) is 9.53 Å². The number of hydrogen-bond acceptors (Lipinski definition) is 5. The molecule has 1 aromatic carbocycles. The van der Waals surface area contributed by atoms with Gasteiger partial charge in [0.25, 0.3) is 5.69 Å². The minimum Gasteiger partial charge on any atom is -0.461 e. The molecule has 0 heterocycles. The van der Waals surface area contributed by atoms with Gasteiger partial charge >= 0.3 is 5.97 Å². The molecule has 0 bridgehead atoms. The summed E-state index contributed by atoms with van der Waals surface area (Å²) in [5.74, 6) is -0.299. The van der Waals surface area contributed by atoms with Crippen LogP contribution < -0.4 is 0 Å². The van der Waals surface area contributed by atoms with Crippen molar-refractivity contribution in [2.75, 3.05) is 6.61 Å². The van der Waals surface area contributed by atoms with E-state index in [9.17, 15) is 19.7 Å². The molecule has 24 heavy (non-hydrogen) atoms. The largest absolute Gasteiger partial charge is 0.461 e. The molecule has 6 nitrogen and oxygen atoms in total. The highest BCUT2D eigenvalue weighted by Crippen LogP contribution is 2.39. The second-order valence-electron chi connectivity index (χ2n) is 6.69. The third-order valence-corrected chi connectivity index (χ3v) is 5.13.